The van der Waals surface area contributed by atoms with E-state index in [9.17, 15) is 4.39 Å². The average Bonchev–Trinajstić information content (AvgIpc) is 3.41. The van der Waals surface area contributed by atoms with Gasteiger partial charge < -0.3 is 14.4 Å². The van der Waals surface area contributed by atoms with Gasteiger partial charge in [0.15, 0.2) is 0 Å². The largest absolute Gasteiger partial charge is 0.365 e. The van der Waals surface area contributed by atoms with Gasteiger partial charge in [0.2, 0.25) is 0 Å². The van der Waals surface area contributed by atoms with Crippen LogP contribution in [0.25, 0.3) is 5.69 Å². The van der Waals surface area contributed by atoms with E-state index in [-0.39, 0.29) is 5.82 Å². The van der Waals surface area contributed by atoms with E-state index < -0.39 is 0 Å². The molecule has 0 amide bonds. The van der Waals surface area contributed by atoms with Gasteiger partial charge in [-0.15, -0.1) is 0 Å². The van der Waals surface area contributed by atoms with Gasteiger partial charge in [-0.25, -0.2) is 4.39 Å². The van der Waals surface area contributed by atoms with Crippen LogP contribution >= 0.6 is 0 Å². The number of fused-ring (bicyclic) bond motifs is 1. The molecule has 0 radical (unpaired) electrons. The maximum absolute atomic E-state index is 13.1. The van der Waals surface area contributed by atoms with Gasteiger partial charge in [0.25, 0.3) is 0 Å². The predicted molar refractivity (Wildman–Crippen MR) is 121 cm³/mol. The first-order chi connectivity index (χ1) is 14.7. The normalized spacial score (nSPS) is 19.9. The number of anilines is 1. The molecule has 2 aliphatic rings. The average molecular weight is 404 g/mol. The van der Waals surface area contributed by atoms with E-state index in [1.807, 2.05) is 12.1 Å². The van der Waals surface area contributed by atoms with Crippen molar-refractivity contribution in [2.45, 2.75) is 44.7 Å². The molecule has 4 heteroatoms. The van der Waals surface area contributed by atoms with Gasteiger partial charge in [0.1, 0.15) is 5.82 Å². The number of benzene rings is 2. The highest BCUT2D eigenvalue weighted by Gasteiger charge is 2.33. The minimum atomic E-state index is -0.153. The van der Waals surface area contributed by atoms with Crippen LogP contribution in [0.15, 0.2) is 67.0 Å². The molecule has 1 saturated heterocycles. The minimum Gasteiger partial charge on any atom is -0.365 e. The Hall–Kier alpha value is -2.59. The number of rotatable bonds is 5. The summed E-state index contributed by atoms with van der Waals surface area (Å²) in [6.07, 6.45) is 8.79. The summed E-state index contributed by atoms with van der Waals surface area (Å²) in [6.45, 7) is 5.71. The molecule has 1 atom stereocenters. The fourth-order valence-corrected chi connectivity index (χ4v) is 5.20. The first-order valence-corrected chi connectivity index (χ1v) is 11.2. The molecular weight excluding hydrogens is 373 g/mol. The number of likely N-dealkylation sites (tertiary alicyclic amines) is 1. The van der Waals surface area contributed by atoms with E-state index in [0.29, 0.717) is 12.1 Å². The standard InChI is InChI=1S/C26H30FN3/c1-20-18-22-6-9-25(29-13-2-3-14-29)19-26(22)30(20)24-11-16-28(17-12-24)15-10-21-4-7-23(27)8-5-21/h2-9,13-14,19-20,24H,10-12,15-18H2,1H3. The van der Waals surface area contributed by atoms with Crippen molar-refractivity contribution in [1.82, 2.24) is 9.47 Å². The van der Waals surface area contributed by atoms with Crippen molar-refractivity contribution < 1.29 is 4.39 Å². The molecule has 0 aliphatic carbocycles. The van der Waals surface area contributed by atoms with Crippen LogP contribution in [0, 0.1) is 5.82 Å². The second-order valence-electron chi connectivity index (χ2n) is 8.81. The van der Waals surface area contributed by atoms with Crippen molar-refractivity contribution in [3.05, 3.63) is 83.9 Å². The van der Waals surface area contributed by atoms with Crippen LogP contribution in [0.3, 0.4) is 0 Å². The van der Waals surface area contributed by atoms with Crippen LogP contribution < -0.4 is 4.90 Å². The van der Waals surface area contributed by atoms with Gasteiger partial charge in [-0.3, -0.25) is 0 Å². The first-order valence-electron chi connectivity index (χ1n) is 11.2. The quantitative estimate of drug-likeness (QED) is 0.589. The summed E-state index contributed by atoms with van der Waals surface area (Å²) in [7, 11) is 0. The number of hydrogen-bond donors (Lipinski definition) is 0. The SMILES string of the molecule is CC1Cc2ccc(-n3cccc3)cc2N1C1CCN(CCc2ccc(F)cc2)CC1. The lowest BCUT2D eigenvalue weighted by Crippen LogP contribution is -2.47. The zero-order chi connectivity index (χ0) is 20.5. The topological polar surface area (TPSA) is 11.4 Å². The molecular formula is C26H30FN3. The minimum absolute atomic E-state index is 0.153. The maximum atomic E-state index is 13.1. The summed E-state index contributed by atoms with van der Waals surface area (Å²) in [5.41, 5.74) is 5.38. The molecule has 1 aromatic heterocycles. The summed E-state index contributed by atoms with van der Waals surface area (Å²) in [6, 6.07) is 19.2. The lowest BCUT2D eigenvalue weighted by Gasteiger charge is -2.40. The summed E-state index contributed by atoms with van der Waals surface area (Å²) < 4.78 is 15.3. The monoisotopic (exact) mass is 403 g/mol. The molecule has 1 unspecified atom stereocenters. The van der Waals surface area contributed by atoms with Crippen LogP contribution in [0.2, 0.25) is 0 Å². The Morgan fingerprint density at radius 1 is 0.967 bits per heavy atom. The van der Waals surface area contributed by atoms with E-state index in [0.717, 1.165) is 32.5 Å². The molecule has 3 heterocycles. The smallest absolute Gasteiger partial charge is 0.123 e. The van der Waals surface area contributed by atoms with Crippen molar-refractivity contribution >= 4 is 5.69 Å². The molecule has 3 nitrogen and oxygen atoms in total. The third kappa shape index (κ3) is 3.89. The molecule has 2 aromatic carbocycles. The molecule has 0 spiro atoms. The Bertz CT molecular complexity index is 972. The molecule has 5 rings (SSSR count). The van der Waals surface area contributed by atoms with Gasteiger partial charge >= 0.3 is 0 Å². The zero-order valence-corrected chi connectivity index (χ0v) is 17.7. The first kappa shape index (κ1) is 19.4. The Morgan fingerprint density at radius 3 is 2.43 bits per heavy atom. The van der Waals surface area contributed by atoms with Gasteiger partial charge in [-0.1, -0.05) is 18.2 Å². The summed E-state index contributed by atoms with van der Waals surface area (Å²) in [4.78, 5) is 5.26. The predicted octanol–water partition coefficient (Wildman–Crippen LogP) is 5.07. The molecule has 0 bridgehead atoms. The van der Waals surface area contributed by atoms with Gasteiger partial charge in [-0.2, -0.15) is 0 Å². The lowest BCUT2D eigenvalue weighted by molar-refractivity contribution is 0.208. The second kappa shape index (κ2) is 8.27. The Balaban J connectivity index is 1.23. The maximum Gasteiger partial charge on any atom is 0.123 e. The second-order valence-corrected chi connectivity index (χ2v) is 8.81. The number of piperidine rings is 1. The van der Waals surface area contributed by atoms with E-state index in [1.165, 1.54) is 35.3 Å². The van der Waals surface area contributed by atoms with Crippen LogP contribution in [0.5, 0.6) is 0 Å². The van der Waals surface area contributed by atoms with E-state index in [2.05, 4.69) is 64.0 Å². The fraction of sp³-hybridized carbons (Fsp3) is 0.385. The van der Waals surface area contributed by atoms with Gasteiger partial charge in [-0.05, 0) is 80.1 Å². The summed E-state index contributed by atoms with van der Waals surface area (Å²) in [5.74, 6) is -0.153. The highest BCUT2D eigenvalue weighted by Crippen LogP contribution is 2.37. The molecule has 156 valence electrons. The van der Waals surface area contributed by atoms with Crippen molar-refractivity contribution in [3.63, 3.8) is 0 Å². The van der Waals surface area contributed by atoms with E-state index in [1.54, 1.807) is 12.1 Å². The molecule has 0 saturated carbocycles. The Labute approximate surface area is 178 Å². The van der Waals surface area contributed by atoms with Crippen molar-refractivity contribution in [2.75, 3.05) is 24.5 Å². The fourth-order valence-electron chi connectivity index (χ4n) is 5.20. The molecule has 2 aliphatic heterocycles. The van der Waals surface area contributed by atoms with Gasteiger partial charge in [0.05, 0.1) is 0 Å². The number of aromatic nitrogens is 1. The van der Waals surface area contributed by atoms with Crippen molar-refractivity contribution in [2.24, 2.45) is 0 Å². The summed E-state index contributed by atoms with van der Waals surface area (Å²) in [5, 5.41) is 0. The number of hydrogen-bond acceptors (Lipinski definition) is 2. The highest BCUT2D eigenvalue weighted by molar-refractivity contribution is 5.64. The van der Waals surface area contributed by atoms with Crippen LogP contribution in [-0.2, 0) is 12.8 Å². The molecule has 0 N–H and O–H groups in total. The highest BCUT2D eigenvalue weighted by atomic mass is 19.1. The Kier molecular flexibility index (Phi) is 5.34. The van der Waals surface area contributed by atoms with Crippen molar-refractivity contribution in [1.29, 1.82) is 0 Å². The van der Waals surface area contributed by atoms with Gasteiger partial charge in [0, 0.05) is 55.5 Å². The molecule has 30 heavy (non-hydrogen) atoms. The van der Waals surface area contributed by atoms with Crippen LogP contribution in [-0.4, -0.2) is 41.2 Å². The Morgan fingerprint density at radius 2 is 1.70 bits per heavy atom. The van der Waals surface area contributed by atoms with E-state index in [4.69, 9.17) is 0 Å². The zero-order valence-electron chi connectivity index (χ0n) is 17.7. The molecule has 3 aromatic rings. The number of nitrogens with zero attached hydrogens (tertiary/aromatic N) is 3. The third-order valence-corrected chi connectivity index (χ3v) is 6.82. The number of halogens is 1. The summed E-state index contributed by atoms with van der Waals surface area (Å²) >= 11 is 0. The van der Waals surface area contributed by atoms with Crippen LogP contribution in [0.4, 0.5) is 10.1 Å². The van der Waals surface area contributed by atoms with Crippen molar-refractivity contribution in [3.8, 4) is 5.69 Å². The van der Waals surface area contributed by atoms with E-state index >= 15 is 0 Å². The molecule has 1 fully saturated rings. The lowest BCUT2D eigenvalue weighted by atomic mass is 10.0. The third-order valence-electron chi connectivity index (χ3n) is 6.82. The van der Waals surface area contributed by atoms with Crippen LogP contribution in [0.1, 0.15) is 30.9 Å².